The number of hydrogen-bond donors (Lipinski definition) is 2. The van der Waals surface area contributed by atoms with E-state index in [4.69, 9.17) is 4.98 Å². The summed E-state index contributed by atoms with van der Waals surface area (Å²) in [4.78, 5) is 29.3. The van der Waals surface area contributed by atoms with E-state index in [2.05, 4.69) is 16.0 Å². The minimum Gasteiger partial charge on any atom is -0.273 e. The van der Waals surface area contributed by atoms with E-state index in [-0.39, 0.29) is 23.8 Å². The first-order chi connectivity index (χ1) is 13.0. The van der Waals surface area contributed by atoms with Crippen molar-refractivity contribution >= 4 is 22.8 Å². The molecule has 0 aliphatic heterocycles. The fourth-order valence-electron chi connectivity index (χ4n) is 2.97. The zero-order chi connectivity index (χ0) is 19.0. The lowest BCUT2D eigenvalue weighted by atomic mass is 10.1. The smallest absolute Gasteiger partial charge is 0.270 e. The van der Waals surface area contributed by atoms with Gasteiger partial charge >= 0.3 is 0 Å². The summed E-state index contributed by atoms with van der Waals surface area (Å²) >= 11 is 0. The van der Waals surface area contributed by atoms with E-state index in [9.17, 15) is 9.59 Å². The third kappa shape index (κ3) is 3.40. The van der Waals surface area contributed by atoms with Crippen molar-refractivity contribution in [1.29, 1.82) is 0 Å². The molecule has 0 bridgehead atoms. The van der Waals surface area contributed by atoms with Gasteiger partial charge in [-0.15, -0.1) is 0 Å². The highest BCUT2D eigenvalue weighted by Gasteiger charge is 2.30. The minimum atomic E-state index is -0.378. The van der Waals surface area contributed by atoms with Crippen LogP contribution in [-0.4, -0.2) is 26.6 Å². The molecule has 138 valence electrons. The molecule has 3 aromatic rings. The molecule has 0 saturated heterocycles. The topological polar surface area (TPSA) is 88.9 Å². The maximum Gasteiger partial charge on any atom is 0.270 e. The number of pyridine rings is 1. The monoisotopic (exact) mass is 363 g/mol. The van der Waals surface area contributed by atoms with Gasteiger partial charge in [0.2, 0.25) is 5.91 Å². The van der Waals surface area contributed by atoms with Crippen LogP contribution in [0, 0.1) is 5.92 Å². The number of nitrogens with zero attached hydrogens (tertiary/aromatic N) is 3. The summed E-state index contributed by atoms with van der Waals surface area (Å²) in [5.74, 6) is -0.502. The van der Waals surface area contributed by atoms with Crippen molar-refractivity contribution in [1.82, 2.24) is 25.6 Å². The molecule has 1 fully saturated rings. The van der Waals surface area contributed by atoms with E-state index in [1.807, 2.05) is 44.2 Å². The summed E-state index contributed by atoms with van der Waals surface area (Å²) in [6.07, 6.45) is 3.40. The van der Waals surface area contributed by atoms with Crippen LogP contribution in [0.5, 0.6) is 0 Å². The zero-order valence-electron chi connectivity index (χ0n) is 15.3. The molecule has 0 unspecified atom stereocenters. The van der Waals surface area contributed by atoms with Gasteiger partial charge in [0, 0.05) is 17.5 Å². The van der Waals surface area contributed by atoms with Crippen LogP contribution in [0.3, 0.4) is 0 Å². The first kappa shape index (κ1) is 17.2. The molecular weight excluding hydrogens is 342 g/mol. The van der Waals surface area contributed by atoms with Gasteiger partial charge in [0.25, 0.3) is 5.91 Å². The fraction of sp³-hybridized carbons (Fsp3) is 0.300. The van der Waals surface area contributed by atoms with Gasteiger partial charge in [-0.1, -0.05) is 30.3 Å². The van der Waals surface area contributed by atoms with Crippen molar-refractivity contribution in [2.24, 2.45) is 5.92 Å². The summed E-state index contributed by atoms with van der Waals surface area (Å²) in [5, 5.41) is 5.05. The highest BCUT2D eigenvalue weighted by molar-refractivity contribution is 6.07. The van der Waals surface area contributed by atoms with Crippen molar-refractivity contribution in [3.63, 3.8) is 0 Å². The van der Waals surface area contributed by atoms with Gasteiger partial charge in [-0.2, -0.15) is 5.10 Å². The molecule has 2 aromatic heterocycles. The Morgan fingerprint density at radius 3 is 2.56 bits per heavy atom. The summed E-state index contributed by atoms with van der Waals surface area (Å²) in [6.45, 7) is 4.03. The van der Waals surface area contributed by atoms with Crippen LogP contribution in [0.2, 0.25) is 0 Å². The third-order valence-corrected chi connectivity index (χ3v) is 4.62. The van der Waals surface area contributed by atoms with Gasteiger partial charge in [0.15, 0.2) is 5.65 Å². The lowest BCUT2D eigenvalue weighted by molar-refractivity contribution is -0.123. The van der Waals surface area contributed by atoms with Gasteiger partial charge in [-0.05, 0) is 32.8 Å². The maximum absolute atomic E-state index is 12.8. The van der Waals surface area contributed by atoms with E-state index in [0.29, 0.717) is 22.3 Å². The summed E-state index contributed by atoms with van der Waals surface area (Å²) < 4.78 is 1.79. The second-order valence-electron chi connectivity index (χ2n) is 7.06. The van der Waals surface area contributed by atoms with Crippen LogP contribution in [-0.2, 0) is 4.79 Å². The normalized spacial score (nSPS) is 13.7. The number of carbonyl (C=O) groups is 2. The Morgan fingerprint density at radius 1 is 1.15 bits per heavy atom. The lowest BCUT2D eigenvalue weighted by Crippen LogP contribution is -2.42. The molecule has 2 N–H and O–H groups in total. The Morgan fingerprint density at radius 2 is 1.89 bits per heavy atom. The van der Waals surface area contributed by atoms with Gasteiger partial charge in [-0.3, -0.25) is 20.4 Å². The number of benzene rings is 1. The number of rotatable bonds is 4. The van der Waals surface area contributed by atoms with Gasteiger partial charge in [-0.25, -0.2) is 9.67 Å². The van der Waals surface area contributed by atoms with Crippen LogP contribution >= 0.6 is 0 Å². The second-order valence-corrected chi connectivity index (χ2v) is 7.06. The summed E-state index contributed by atoms with van der Waals surface area (Å²) in [7, 11) is 0. The lowest BCUT2D eigenvalue weighted by Gasteiger charge is -2.11. The van der Waals surface area contributed by atoms with Crippen LogP contribution in [0.4, 0.5) is 0 Å². The molecule has 0 spiro atoms. The molecule has 7 heteroatoms. The van der Waals surface area contributed by atoms with Gasteiger partial charge in [0.1, 0.15) is 0 Å². The predicted molar refractivity (Wildman–Crippen MR) is 102 cm³/mol. The van der Waals surface area contributed by atoms with Crippen molar-refractivity contribution in [3.8, 4) is 11.3 Å². The first-order valence-corrected chi connectivity index (χ1v) is 9.08. The van der Waals surface area contributed by atoms with Crippen LogP contribution in [0.15, 0.2) is 42.6 Å². The van der Waals surface area contributed by atoms with Crippen LogP contribution in [0.25, 0.3) is 22.3 Å². The zero-order valence-corrected chi connectivity index (χ0v) is 15.3. The Balaban J connectivity index is 1.75. The number of hydrogen-bond acceptors (Lipinski definition) is 4. The van der Waals surface area contributed by atoms with E-state index in [1.165, 1.54) is 0 Å². The number of nitrogens with one attached hydrogen (secondary N) is 2. The van der Waals surface area contributed by atoms with Crippen LogP contribution in [0.1, 0.15) is 43.1 Å². The summed E-state index contributed by atoms with van der Waals surface area (Å²) in [5.41, 5.74) is 7.71. The SMILES string of the molecule is CC(C)n1ncc2c(C(=O)NNC(=O)C3CC3)cc(-c3ccccc3)nc21. The van der Waals surface area contributed by atoms with E-state index < -0.39 is 0 Å². The Hall–Kier alpha value is -3.22. The first-order valence-electron chi connectivity index (χ1n) is 9.08. The van der Waals surface area contributed by atoms with E-state index >= 15 is 0 Å². The molecular formula is C20H21N5O2. The number of aromatic nitrogens is 3. The molecule has 1 aliphatic rings. The van der Waals surface area contributed by atoms with Gasteiger partial charge in [0.05, 0.1) is 22.8 Å². The van der Waals surface area contributed by atoms with Crippen molar-refractivity contribution in [3.05, 3.63) is 48.2 Å². The highest BCUT2D eigenvalue weighted by atomic mass is 16.2. The molecule has 2 heterocycles. The second kappa shape index (κ2) is 6.83. The average Bonchev–Trinajstić information content (AvgIpc) is 3.44. The number of hydrazine groups is 1. The van der Waals surface area contributed by atoms with Gasteiger partial charge < -0.3 is 0 Å². The standard InChI is InChI=1S/C20H21N5O2/c1-12(2)25-18-16(11-21-25)15(20(27)24-23-19(26)14-8-9-14)10-17(22-18)13-6-4-3-5-7-13/h3-7,10-12,14H,8-9H2,1-2H3,(H,23,26)(H,24,27). The molecule has 2 amide bonds. The molecule has 27 heavy (non-hydrogen) atoms. The van der Waals surface area contributed by atoms with E-state index in [0.717, 1.165) is 18.4 Å². The third-order valence-electron chi connectivity index (χ3n) is 4.62. The average molecular weight is 363 g/mol. The maximum atomic E-state index is 12.8. The molecule has 1 saturated carbocycles. The van der Waals surface area contributed by atoms with Crippen LogP contribution < -0.4 is 10.9 Å². The van der Waals surface area contributed by atoms with E-state index in [1.54, 1.807) is 16.9 Å². The summed E-state index contributed by atoms with van der Waals surface area (Å²) in [6, 6.07) is 11.5. The Labute approximate surface area is 156 Å². The number of carbonyl (C=O) groups excluding carboxylic acids is 2. The quantitative estimate of drug-likeness (QED) is 0.698. The Kier molecular flexibility index (Phi) is 4.35. The predicted octanol–water partition coefficient (Wildman–Crippen LogP) is 2.85. The highest BCUT2D eigenvalue weighted by Crippen LogP contribution is 2.29. The van der Waals surface area contributed by atoms with Crippen molar-refractivity contribution in [2.75, 3.05) is 0 Å². The van der Waals surface area contributed by atoms with Crippen molar-refractivity contribution < 1.29 is 9.59 Å². The Bertz CT molecular complexity index is 1010. The number of amides is 2. The molecule has 1 aromatic carbocycles. The molecule has 1 aliphatic carbocycles. The largest absolute Gasteiger partial charge is 0.273 e. The molecule has 0 radical (unpaired) electrons. The van der Waals surface area contributed by atoms with Crippen molar-refractivity contribution in [2.45, 2.75) is 32.7 Å². The number of fused-ring (bicyclic) bond motifs is 1. The molecule has 0 atom stereocenters. The fourth-order valence-corrected chi connectivity index (χ4v) is 2.97. The molecule has 4 rings (SSSR count). The molecule has 7 nitrogen and oxygen atoms in total. The minimum absolute atomic E-state index is 0.0197.